The SMILES string of the molecule is CN=C(NC1CCCn2nc(C)nc21)NC1CC1C1CCCCC1.I. The molecule has 2 saturated carbocycles. The maximum atomic E-state index is 4.61. The molecule has 0 saturated heterocycles. The highest BCUT2D eigenvalue weighted by molar-refractivity contribution is 14.0. The molecule has 2 fully saturated rings. The predicted octanol–water partition coefficient (Wildman–Crippen LogP) is 3.17. The van der Waals surface area contributed by atoms with Crippen molar-refractivity contribution < 1.29 is 0 Å². The number of hydrogen-bond donors (Lipinski definition) is 2. The number of aromatic nitrogens is 3. The van der Waals surface area contributed by atoms with Gasteiger partial charge in [0.05, 0.1) is 6.04 Å². The summed E-state index contributed by atoms with van der Waals surface area (Å²) in [5, 5.41) is 11.7. The minimum absolute atomic E-state index is 0. The second kappa shape index (κ2) is 8.22. The zero-order chi connectivity index (χ0) is 16.5. The highest BCUT2D eigenvalue weighted by Crippen LogP contribution is 2.44. The van der Waals surface area contributed by atoms with E-state index in [1.807, 2.05) is 18.7 Å². The molecule has 2 aliphatic carbocycles. The Morgan fingerprint density at radius 1 is 1.12 bits per heavy atom. The Kier molecular flexibility index (Phi) is 6.22. The van der Waals surface area contributed by atoms with Crippen molar-refractivity contribution in [3.63, 3.8) is 0 Å². The van der Waals surface area contributed by atoms with Gasteiger partial charge >= 0.3 is 0 Å². The van der Waals surface area contributed by atoms with Crippen molar-refractivity contribution in [2.24, 2.45) is 16.8 Å². The first kappa shape index (κ1) is 18.9. The lowest BCUT2D eigenvalue weighted by Gasteiger charge is -2.25. The van der Waals surface area contributed by atoms with Crippen molar-refractivity contribution in [3.8, 4) is 0 Å². The van der Waals surface area contributed by atoms with Crippen LogP contribution >= 0.6 is 24.0 Å². The molecule has 0 bridgehead atoms. The van der Waals surface area contributed by atoms with Gasteiger partial charge in [0.15, 0.2) is 5.96 Å². The molecule has 140 valence electrons. The number of nitrogens with one attached hydrogen (secondary N) is 2. The van der Waals surface area contributed by atoms with Gasteiger partial charge in [-0.25, -0.2) is 9.67 Å². The topological polar surface area (TPSA) is 67.1 Å². The van der Waals surface area contributed by atoms with E-state index < -0.39 is 0 Å². The molecule has 2 heterocycles. The summed E-state index contributed by atoms with van der Waals surface area (Å²) < 4.78 is 2.05. The van der Waals surface area contributed by atoms with Crippen molar-refractivity contribution in [2.45, 2.75) is 76.9 Å². The van der Waals surface area contributed by atoms with Gasteiger partial charge in [0.2, 0.25) is 0 Å². The number of nitrogens with zero attached hydrogens (tertiary/aromatic N) is 4. The van der Waals surface area contributed by atoms with E-state index in [0.717, 1.165) is 48.8 Å². The predicted molar refractivity (Wildman–Crippen MR) is 110 cm³/mol. The fourth-order valence-corrected chi connectivity index (χ4v) is 4.58. The second-order valence-corrected chi connectivity index (χ2v) is 7.70. The van der Waals surface area contributed by atoms with Gasteiger partial charge in [-0.05, 0) is 38.0 Å². The summed E-state index contributed by atoms with van der Waals surface area (Å²) in [5.74, 6) is 4.65. The minimum atomic E-state index is 0. The second-order valence-electron chi connectivity index (χ2n) is 7.70. The Balaban J connectivity index is 0.00000182. The largest absolute Gasteiger partial charge is 0.353 e. The molecule has 0 radical (unpaired) electrons. The summed E-state index contributed by atoms with van der Waals surface area (Å²) in [6.45, 7) is 2.95. The Labute approximate surface area is 167 Å². The number of halogens is 1. The summed E-state index contributed by atoms with van der Waals surface area (Å²) in [7, 11) is 1.87. The average molecular weight is 458 g/mol. The van der Waals surface area contributed by atoms with Crippen LogP contribution in [0.2, 0.25) is 0 Å². The molecule has 3 aliphatic rings. The van der Waals surface area contributed by atoms with Crippen LogP contribution in [-0.4, -0.2) is 33.8 Å². The monoisotopic (exact) mass is 458 g/mol. The summed E-state index contributed by atoms with van der Waals surface area (Å²) in [4.78, 5) is 9.07. The Hall–Kier alpha value is -0.860. The number of fused-ring (bicyclic) bond motifs is 1. The Morgan fingerprint density at radius 2 is 1.92 bits per heavy atom. The van der Waals surface area contributed by atoms with Crippen molar-refractivity contribution in [1.82, 2.24) is 25.4 Å². The summed E-state index contributed by atoms with van der Waals surface area (Å²) in [6, 6.07) is 0.834. The molecule has 0 spiro atoms. The van der Waals surface area contributed by atoms with E-state index in [2.05, 4.69) is 25.7 Å². The third-order valence-electron chi connectivity index (χ3n) is 5.93. The van der Waals surface area contributed by atoms with E-state index in [1.54, 1.807) is 0 Å². The van der Waals surface area contributed by atoms with Crippen LogP contribution in [0, 0.1) is 18.8 Å². The average Bonchev–Trinajstić information content (AvgIpc) is 3.26. The van der Waals surface area contributed by atoms with Crippen LogP contribution < -0.4 is 10.6 Å². The van der Waals surface area contributed by atoms with Crippen LogP contribution in [0.5, 0.6) is 0 Å². The lowest BCUT2D eigenvalue weighted by Crippen LogP contribution is -2.43. The molecule has 25 heavy (non-hydrogen) atoms. The maximum Gasteiger partial charge on any atom is 0.191 e. The van der Waals surface area contributed by atoms with Crippen LogP contribution in [-0.2, 0) is 6.54 Å². The molecule has 7 heteroatoms. The first-order valence-corrected chi connectivity index (χ1v) is 9.66. The summed E-state index contributed by atoms with van der Waals surface area (Å²) in [5.41, 5.74) is 0. The zero-order valence-corrected chi connectivity index (χ0v) is 17.7. The van der Waals surface area contributed by atoms with E-state index in [-0.39, 0.29) is 30.0 Å². The van der Waals surface area contributed by atoms with Crippen LogP contribution in [0.4, 0.5) is 0 Å². The standard InChI is InChI=1S/C18H30N6.HI/c1-12-20-17-15(9-6-10-24(17)23-12)21-18(19-2)22-16-11-14(16)13-7-4-3-5-8-13;/h13-16H,3-11H2,1-2H3,(H2,19,21,22);1H. The van der Waals surface area contributed by atoms with E-state index in [1.165, 1.54) is 38.5 Å². The van der Waals surface area contributed by atoms with Crippen molar-refractivity contribution >= 4 is 29.9 Å². The van der Waals surface area contributed by atoms with Crippen molar-refractivity contribution in [2.75, 3.05) is 7.05 Å². The van der Waals surface area contributed by atoms with E-state index in [0.29, 0.717) is 6.04 Å². The molecule has 1 aromatic heterocycles. The quantitative estimate of drug-likeness (QED) is 0.415. The molecule has 1 aromatic rings. The Morgan fingerprint density at radius 3 is 2.68 bits per heavy atom. The fourth-order valence-electron chi connectivity index (χ4n) is 4.58. The van der Waals surface area contributed by atoms with Gasteiger partial charge in [-0.15, -0.1) is 24.0 Å². The zero-order valence-electron chi connectivity index (χ0n) is 15.4. The number of guanidine groups is 1. The normalized spacial score (nSPS) is 29.5. The fraction of sp³-hybridized carbons (Fsp3) is 0.833. The number of aryl methyl sites for hydroxylation is 2. The van der Waals surface area contributed by atoms with Gasteiger partial charge in [0, 0.05) is 19.6 Å². The van der Waals surface area contributed by atoms with Crippen LogP contribution in [0.25, 0.3) is 0 Å². The third-order valence-corrected chi connectivity index (χ3v) is 5.93. The molecular formula is C18H31IN6. The third kappa shape index (κ3) is 4.28. The first-order valence-electron chi connectivity index (χ1n) is 9.66. The van der Waals surface area contributed by atoms with Gasteiger partial charge in [0.25, 0.3) is 0 Å². The molecule has 0 amide bonds. The van der Waals surface area contributed by atoms with Gasteiger partial charge in [0.1, 0.15) is 11.6 Å². The van der Waals surface area contributed by atoms with E-state index in [9.17, 15) is 0 Å². The van der Waals surface area contributed by atoms with Gasteiger partial charge in [-0.2, -0.15) is 5.10 Å². The smallest absolute Gasteiger partial charge is 0.191 e. The van der Waals surface area contributed by atoms with Crippen LogP contribution in [0.3, 0.4) is 0 Å². The van der Waals surface area contributed by atoms with Crippen LogP contribution in [0.15, 0.2) is 4.99 Å². The van der Waals surface area contributed by atoms with E-state index >= 15 is 0 Å². The van der Waals surface area contributed by atoms with Gasteiger partial charge < -0.3 is 10.6 Å². The molecule has 4 rings (SSSR count). The number of aliphatic imine (C=N–C) groups is 1. The minimum Gasteiger partial charge on any atom is -0.353 e. The number of hydrogen-bond acceptors (Lipinski definition) is 3. The molecule has 0 aromatic carbocycles. The molecule has 1 aliphatic heterocycles. The molecule has 6 nitrogen and oxygen atoms in total. The molecular weight excluding hydrogens is 427 g/mol. The van der Waals surface area contributed by atoms with Gasteiger partial charge in [-0.3, -0.25) is 4.99 Å². The first-order chi connectivity index (χ1) is 11.7. The highest BCUT2D eigenvalue weighted by Gasteiger charge is 2.43. The Bertz CT molecular complexity index is 607. The van der Waals surface area contributed by atoms with Crippen LogP contribution in [0.1, 0.15) is 69.1 Å². The number of rotatable bonds is 3. The summed E-state index contributed by atoms with van der Waals surface area (Å²) >= 11 is 0. The molecule has 2 N–H and O–H groups in total. The molecule has 3 atom stereocenters. The highest BCUT2D eigenvalue weighted by atomic mass is 127. The molecule has 3 unspecified atom stereocenters. The van der Waals surface area contributed by atoms with Gasteiger partial charge in [-0.1, -0.05) is 32.1 Å². The summed E-state index contributed by atoms with van der Waals surface area (Å²) in [6.07, 6.45) is 10.7. The lowest BCUT2D eigenvalue weighted by atomic mass is 9.85. The maximum absolute atomic E-state index is 4.61. The van der Waals surface area contributed by atoms with Crippen molar-refractivity contribution in [3.05, 3.63) is 11.6 Å². The van der Waals surface area contributed by atoms with Crippen molar-refractivity contribution in [1.29, 1.82) is 0 Å². The lowest BCUT2D eigenvalue weighted by molar-refractivity contribution is 0.315. The van der Waals surface area contributed by atoms with E-state index in [4.69, 9.17) is 0 Å².